The summed E-state index contributed by atoms with van der Waals surface area (Å²) in [5.41, 5.74) is 2.69. The molecule has 5 nitrogen and oxygen atoms in total. The third kappa shape index (κ3) is 3.66. The van der Waals surface area contributed by atoms with Gasteiger partial charge in [-0.05, 0) is 42.2 Å². The highest BCUT2D eigenvalue weighted by Gasteiger charge is 2.23. The Morgan fingerprint density at radius 1 is 1.00 bits per heavy atom. The van der Waals surface area contributed by atoms with E-state index in [0.29, 0.717) is 16.5 Å². The van der Waals surface area contributed by atoms with Crippen LogP contribution in [0.25, 0.3) is 22.3 Å². The summed E-state index contributed by atoms with van der Waals surface area (Å²) >= 11 is 0. The summed E-state index contributed by atoms with van der Waals surface area (Å²) < 4.78 is 16.6. The molecule has 30 heavy (non-hydrogen) atoms. The van der Waals surface area contributed by atoms with Crippen LogP contribution in [0.3, 0.4) is 0 Å². The van der Waals surface area contributed by atoms with Crippen molar-refractivity contribution in [3.8, 4) is 17.1 Å². The summed E-state index contributed by atoms with van der Waals surface area (Å²) in [5.74, 6) is -0.700. The van der Waals surface area contributed by atoms with Gasteiger partial charge in [0.2, 0.25) is 16.9 Å². The number of carbonyl (C=O) groups excluding carboxylic acids is 1. The molecule has 2 heterocycles. The fourth-order valence-corrected chi connectivity index (χ4v) is 3.23. The fraction of sp³-hybridized carbons (Fsp3) is 0.200. The zero-order valence-corrected chi connectivity index (χ0v) is 17.3. The molecule has 0 aliphatic rings. The van der Waals surface area contributed by atoms with E-state index in [2.05, 4.69) is 20.8 Å². The van der Waals surface area contributed by atoms with Crippen molar-refractivity contribution >= 4 is 16.9 Å². The average molecular weight is 402 g/mol. The maximum atomic E-state index is 13.2. The van der Waals surface area contributed by atoms with E-state index >= 15 is 0 Å². The van der Waals surface area contributed by atoms with Crippen LogP contribution >= 0.6 is 0 Å². The minimum atomic E-state index is -0.758. The van der Waals surface area contributed by atoms with Crippen LogP contribution in [0.5, 0.6) is 5.75 Å². The minimum absolute atomic E-state index is 0.00719. The summed E-state index contributed by atoms with van der Waals surface area (Å²) in [5, 5.41) is 0.354. The second-order valence-corrected chi connectivity index (χ2v) is 8.28. The summed E-state index contributed by atoms with van der Waals surface area (Å²) in [6.45, 7) is 8.25. The van der Waals surface area contributed by atoms with Crippen LogP contribution in [0.4, 0.5) is 0 Å². The van der Waals surface area contributed by atoms with E-state index < -0.39 is 11.4 Å². The van der Waals surface area contributed by atoms with Gasteiger partial charge in [0, 0.05) is 5.56 Å². The molecule has 0 aliphatic carbocycles. The van der Waals surface area contributed by atoms with E-state index in [1.54, 1.807) is 18.2 Å². The van der Waals surface area contributed by atoms with Gasteiger partial charge in [-0.1, -0.05) is 56.7 Å². The lowest BCUT2D eigenvalue weighted by Gasteiger charge is -2.19. The van der Waals surface area contributed by atoms with Crippen molar-refractivity contribution < 1.29 is 18.4 Å². The Bertz CT molecular complexity index is 1270. The van der Waals surface area contributed by atoms with E-state index in [1.807, 2.05) is 37.3 Å². The van der Waals surface area contributed by atoms with Gasteiger partial charge in [-0.3, -0.25) is 4.79 Å². The van der Waals surface area contributed by atoms with Crippen molar-refractivity contribution in [3.05, 3.63) is 88.0 Å². The van der Waals surface area contributed by atoms with Crippen LogP contribution in [0.1, 0.15) is 42.5 Å². The Hall–Kier alpha value is -3.60. The first-order valence-electron chi connectivity index (χ1n) is 9.68. The van der Waals surface area contributed by atoms with Crippen LogP contribution in [0.15, 0.2) is 74.5 Å². The summed E-state index contributed by atoms with van der Waals surface area (Å²) in [4.78, 5) is 25.7. The molecule has 5 heteroatoms. The first kappa shape index (κ1) is 19.7. The second kappa shape index (κ2) is 7.34. The molecule has 0 N–H and O–H groups in total. The van der Waals surface area contributed by atoms with Gasteiger partial charge in [0.1, 0.15) is 5.58 Å². The third-order valence-electron chi connectivity index (χ3n) is 4.93. The quantitative estimate of drug-likeness (QED) is 0.400. The number of ether oxygens (including phenoxy) is 1. The zero-order chi connectivity index (χ0) is 21.5. The van der Waals surface area contributed by atoms with Crippen molar-refractivity contribution in [3.63, 3.8) is 0 Å². The molecular formula is C25H22O5. The van der Waals surface area contributed by atoms with E-state index in [9.17, 15) is 9.59 Å². The maximum Gasteiger partial charge on any atom is 0.379 e. The van der Waals surface area contributed by atoms with E-state index in [4.69, 9.17) is 13.6 Å². The van der Waals surface area contributed by atoms with Gasteiger partial charge in [0.25, 0.3) is 0 Å². The molecule has 4 aromatic rings. The molecule has 0 unspecified atom stereocenters. The Morgan fingerprint density at radius 2 is 1.73 bits per heavy atom. The molecular weight excluding hydrogens is 380 g/mol. The predicted octanol–water partition coefficient (Wildman–Crippen LogP) is 5.88. The van der Waals surface area contributed by atoms with Gasteiger partial charge >= 0.3 is 5.97 Å². The average Bonchev–Trinajstić information content (AvgIpc) is 3.25. The Kier molecular flexibility index (Phi) is 4.82. The first-order valence-corrected chi connectivity index (χ1v) is 9.68. The van der Waals surface area contributed by atoms with E-state index in [0.717, 1.165) is 11.1 Å². The van der Waals surface area contributed by atoms with Gasteiger partial charge in [-0.2, -0.15) is 0 Å². The number of furan rings is 1. The number of hydrogen-bond acceptors (Lipinski definition) is 5. The zero-order valence-electron chi connectivity index (χ0n) is 17.3. The summed E-state index contributed by atoms with van der Waals surface area (Å²) in [7, 11) is 0. The lowest BCUT2D eigenvalue weighted by atomic mass is 9.86. The minimum Gasteiger partial charge on any atom is -0.457 e. The highest BCUT2D eigenvalue weighted by molar-refractivity contribution is 5.90. The fourth-order valence-electron chi connectivity index (χ4n) is 3.23. The number of carbonyl (C=O) groups is 1. The molecule has 0 aliphatic heterocycles. The number of aryl methyl sites for hydroxylation is 1. The maximum absolute atomic E-state index is 13.2. The Balaban J connectivity index is 1.89. The van der Waals surface area contributed by atoms with Gasteiger partial charge in [-0.25, -0.2) is 4.79 Å². The second-order valence-electron chi connectivity index (χ2n) is 8.28. The van der Waals surface area contributed by atoms with Crippen LogP contribution in [-0.2, 0) is 5.41 Å². The Labute approximate surface area is 173 Å². The molecule has 2 aromatic heterocycles. The molecule has 0 fully saturated rings. The molecule has 0 bridgehead atoms. The molecule has 2 aromatic carbocycles. The lowest BCUT2D eigenvalue weighted by Crippen LogP contribution is -2.16. The van der Waals surface area contributed by atoms with Crippen LogP contribution in [0.2, 0.25) is 0 Å². The van der Waals surface area contributed by atoms with Crippen molar-refractivity contribution in [1.29, 1.82) is 0 Å². The van der Waals surface area contributed by atoms with E-state index in [-0.39, 0.29) is 22.7 Å². The Morgan fingerprint density at radius 3 is 2.37 bits per heavy atom. The van der Waals surface area contributed by atoms with Crippen molar-refractivity contribution in [2.24, 2.45) is 0 Å². The first-order chi connectivity index (χ1) is 14.2. The molecule has 0 amide bonds. The molecule has 152 valence electrons. The number of hydrogen-bond donors (Lipinski definition) is 0. The summed E-state index contributed by atoms with van der Waals surface area (Å²) in [6.07, 6.45) is 1.37. The molecule has 0 atom stereocenters. The van der Waals surface area contributed by atoms with Crippen LogP contribution in [0, 0.1) is 6.92 Å². The number of rotatable bonds is 3. The molecule has 0 saturated carbocycles. The third-order valence-corrected chi connectivity index (χ3v) is 4.93. The number of esters is 1. The lowest BCUT2D eigenvalue weighted by molar-refractivity contribution is 0.0698. The number of fused-ring (bicyclic) bond motifs is 1. The van der Waals surface area contributed by atoms with Crippen LogP contribution in [-0.4, -0.2) is 5.97 Å². The summed E-state index contributed by atoms with van der Waals surface area (Å²) in [6, 6.07) is 16.1. The molecule has 0 spiro atoms. The molecule has 4 rings (SSSR count). The number of benzene rings is 2. The normalized spacial score (nSPS) is 11.6. The van der Waals surface area contributed by atoms with Gasteiger partial charge in [0.15, 0.2) is 5.76 Å². The monoisotopic (exact) mass is 402 g/mol. The standard InChI is InChI=1S/C25H22O5/c1-15-7-12-19-18(14-15)21(26)23(30-24(27)20-6-5-13-28-20)22(29-19)16-8-10-17(11-9-16)25(2,3)4/h5-14H,1-4H3. The molecule has 0 radical (unpaired) electrons. The van der Waals surface area contributed by atoms with Gasteiger partial charge in [-0.15, -0.1) is 0 Å². The van der Waals surface area contributed by atoms with Crippen molar-refractivity contribution in [2.75, 3.05) is 0 Å². The van der Waals surface area contributed by atoms with Gasteiger partial charge < -0.3 is 13.6 Å². The van der Waals surface area contributed by atoms with Crippen LogP contribution < -0.4 is 10.2 Å². The SMILES string of the molecule is Cc1ccc2oc(-c3ccc(C(C)(C)C)cc3)c(OC(=O)c3ccco3)c(=O)c2c1. The van der Waals surface area contributed by atoms with Crippen molar-refractivity contribution in [2.45, 2.75) is 33.1 Å². The largest absolute Gasteiger partial charge is 0.457 e. The predicted molar refractivity (Wildman–Crippen MR) is 115 cm³/mol. The topological polar surface area (TPSA) is 69.7 Å². The van der Waals surface area contributed by atoms with Gasteiger partial charge in [0.05, 0.1) is 11.6 Å². The highest BCUT2D eigenvalue weighted by atomic mass is 16.6. The smallest absolute Gasteiger partial charge is 0.379 e. The highest BCUT2D eigenvalue weighted by Crippen LogP contribution is 2.33. The van der Waals surface area contributed by atoms with Crippen molar-refractivity contribution in [1.82, 2.24) is 0 Å². The molecule has 0 saturated heterocycles. The van der Waals surface area contributed by atoms with E-state index in [1.165, 1.54) is 12.3 Å².